The third kappa shape index (κ3) is 18.1. The molecule has 0 radical (unpaired) electrons. The van der Waals surface area contributed by atoms with Gasteiger partial charge in [-0.15, -0.1) is 0 Å². The molecule has 22 heteroatoms. The molecule has 22 nitrogen and oxygen atoms in total. The second-order valence-electron chi connectivity index (χ2n) is 18.0. The Hall–Kier alpha value is -6.84. The summed E-state index contributed by atoms with van der Waals surface area (Å²) in [6, 6.07) is 0.129. The first-order valence-electron chi connectivity index (χ1n) is 23.0. The van der Waals surface area contributed by atoms with E-state index in [0.29, 0.717) is 24.1 Å². The van der Waals surface area contributed by atoms with Gasteiger partial charge >= 0.3 is 0 Å². The van der Waals surface area contributed by atoms with Gasteiger partial charge in [-0.3, -0.25) is 43.2 Å². The quantitative estimate of drug-likeness (QED) is 0.0414. The number of benzene rings is 1. The number of imidazole rings is 1. The first kappa shape index (κ1) is 55.5. The first-order valence-corrected chi connectivity index (χ1v) is 23.0. The average molecular weight is 950 g/mol. The van der Waals surface area contributed by atoms with E-state index in [2.05, 4.69) is 52.2 Å². The number of aromatic amines is 2. The fraction of sp³-hybridized carbons (Fsp3) is 0.565. The van der Waals surface area contributed by atoms with Crippen LogP contribution in [0.5, 0.6) is 0 Å². The minimum Gasteiger partial charge on any atom is -0.370 e. The summed E-state index contributed by atoms with van der Waals surface area (Å²) in [5, 5.41) is 19.7. The van der Waals surface area contributed by atoms with Gasteiger partial charge in [0.05, 0.1) is 12.4 Å². The number of hydrogen-bond donors (Lipinski definition) is 12. The topological polar surface area (TPSA) is 360 Å². The number of fused-ring (bicyclic) bond motifs is 1. The molecule has 374 valence electrons. The summed E-state index contributed by atoms with van der Waals surface area (Å²) in [6.07, 6.45) is 5.07. The van der Waals surface area contributed by atoms with Gasteiger partial charge in [0, 0.05) is 73.7 Å². The predicted molar refractivity (Wildman–Crippen MR) is 253 cm³/mol. The van der Waals surface area contributed by atoms with Crippen LogP contribution < -0.4 is 54.4 Å². The van der Waals surface area contributed by atoms with Gasteiger partial charge in [-0.2, -0.15) is 0 Å². The maximum absolute atomic E-state index is 13.8. The van der Waals surface area contributed by atoms with Gasteiger partial charge in [0.1, 0.15) is 30.2 Å². The van der Waals surface area contributed by atoms with E-state index in [4.69, 9.17) is 17.2 Å². The third-order valence-electron chi connectivity index (χ3n) is 11.5. The fourth-order valence-electron chi connectivity index (χ4n) is 7.26. The molecule has 15 N–H and O–H groups in total. The summed E-state index contributed by atoms with van der Waals surface area (Å²) >= 11 is 0. The molecule has 3 rings (SSSR count). The molecular formula is C46H71N13O9. The molecule has 9 amide bonds. The lowest BCUT2D eigenvalue weighted by Gasteiger charge is -2.28. The normalized spacial score (nSPS) is 14.9. The van der Waals surface area contributed by atoms with Crippen molar-refractivity contribution in [3.05, 3.63) is 54.2 Å². The highest BCUT2D eigenvalue weighted by atomic mass is 16.2. The van der Waals surface area contributed by atoms with Crippen molar-refractivity contribution in [2.75, 3.05) is 6.54 Å². The molecule has 2 heterocycles. The number of H-pyrrole nitrogens is 2. The van der Waals surface area contributed by atoms with Gasteiger partial charge in [-0.25, -0.2) is 4.98 Å². The van der Waals surface area contributed by atoms with Crippen molar-refractivity contribution in [2.45, 2.75) is 142 Å². The molecule has 0 unspecified atom stereocenters. The lowest BCUT2D eigenvalue weighted by molar-refractivity contribution is -0.134. The second kappa shape index (κ2) is 27.1. The molecule has 0 saturated carbocycles. The Bertz CT molecular complexity index is 2190. The number of aromatic nitrogens is 3. The Morgan fingerprint density at radius 2 is 1.37 bits per heavy atom. The highest BCUT2D eigenvalue weighted by Crippen LogP contribution is 2.20. The molecule has 3 aromatic rings. The van der Waals surface area contributed by atoms with Crippen molar-refractivity contribution in [3.63, 3.8) is 0 Å². The average Bonchev–Trinajstić information content (AvgIpc) is 3.95. The number of rotatable bonds is 29. The largest absolute Gasteiger partial charge is 0.370 e. The first-order chi connectivity index (χ1) is 32.1. The van der Waals surface area contributed by atoms with E-state index < -0.39 is 101 Å². The molecule has 68 heavy (non-hydrogen) atoms. The molecule has 1 aromatic carbocycles. The van der Waals surface area contributed by atoms with Gasteiger partial charge in [-0.05, 0) is 49.1 Å². The maximum atomic E-state index is 13.8. The van der Waals surface area contributed by atoms with Gasteiger partial charge in [0.2, 0.25) is 53.2 Å². The SMILES string of the molecule is CC[C@H](C)[C@@H](CC(=O)N[C@@H](CC(C)C)C(N)=O)NC(=O)[C@H](Cc1cnc[nH]1)NC(=O)CCNC(=O)[C@@H](NC(=O)[C@H](C)NC(=O)[C@H](Cc1c[nH]c2ccccc12)NC(=O)[C@@H](N)CCC(N)=O)C(C)C. The van der Waals surface area contributed by atoms with Crippen LogP contribution in [0.25, 0.3) is 10.9 Å². The zero-order valence-corrected chi connectivity index (χ0v) is 40.0. The summed E-state index contributed by atoms with van der Waals surface area (Å²) in [7, 11) is 0. The van der Waals surface area contributed by atoms with Crippen LogP contribution >= 0.6 is 0 Å². The van der Waals surface area contributed by atoms with Crippen LogP contribution in [0.4, 0.5) is 0 Å². The Kier molecular flexibility index (Phi) is 22.1. The molecule has 0 bridgehead atoms. The van der Waals surface area contributed by atoms with Crippen LogP contribution in [-0.4, -0.2) is 117 Å². The zero-order chi connectivity index (χ0) is 50.7. The molecule has 8 atom stereocenters. The van der Waals surface area contributed by atoms with Crippen molar-refractivity contribution in [3.8, 4) is 0 Å². The van der Waals surface area contributed by atoms with Crippen molar-refractivity contribution in [2.24, 2.45) is 35.0 Å². The van der Waals surface area contributed by atoms with E-state index in [-0.39, 0.29) is 56.9 Å². The predicted octanol–water partition coefficient (Wildman–Crippen LogP) is -0.672. The number of hydrogen-bond acceptors (Lipinski definition) is 11. The van der Waals surface area contributed by atoms with E-state index in [0.717, 1.165) is 10.9 Å². The summed E-state index contributed by atoms with van der Waals surface area (Å²) in [6.45, 7) is 12.2. The number of carbonyl (C=O) groups is 9. The molecule has 0 spiro atoms. The molecule has 0 saturated heterocycles. The van der Waals surface area contributed by atoms with E-state index >= 15 is 0 Å². The standard InChI is InChI=1S/C46H71N13O9/c1-8-26(6)33(20-39(62)55-34(41(49)63)17-24(2)3)57-45(67)36(19-29-22-50-23-53-29)56-38(61)15-16-51-46(68)40(25(4)5)59-42(64)27(7)54-44(66)35(58-43(65)31(47)13-14-37(48)60)18-28-21-52-32-12-10-9-11-30(28)32/h9-12,21-27,31,33-36,40,52H,8,13-20,47H2,1-7H3,(H2,48,60)(H2,49,63)(H,50,53)(H,51,68)(H,54,66)(H,55,62)(H,56,61)(H,57,67)(H,58,65)(H,59,64)/t26-,27-,31-,33+,34-,35-,36-,40-/m0/s1. The number of nitrogens with one attached hydrogen (secondary N) is 9. The molecule has 0 aliphatic rings. The monoisotopic (exact) mass is 950 g/mol. The smallest absolute Gasteiger partial charge is 0.243 e. The second-order valence-corrected chi connectivity index (χ2v) is 18.0. The van der Waals surface area contributed by atoms with E-state index in [9.17, 15) is 43.2 Å². The van der Waals surface area contributed by atoms with Crippen molar-refractivity contribution in [1.82, 2.24) is 52.2 Å². The summed E-state index contributed by atoms with van der Waals surface area (Å²) < 4.78 is 0. The van der Waals surface area contributed by atoms with Crippen molar-refractivity contribution in [1.29, 1.82) is 0 Å². The Morgan fingerprint density at radius 1 is 0.706 bits per heavy atom. The van der Waals surface area contributed by atoms with E-state index in [1.807, 2.05) is 52.0 Å². The van der Waals surface area contributed by atoms with Gasteiger partial charge in [0.15, 0.2) is 0 Å². The highest BCUT2D eigenvalue weighted by molar-refractivity contribution is 5.96. The number of nitrogens with two attached hydrogens (primary N) is 3. The minimum atomic E-state index is -1.19. The van der Waals surface area contributed by atoms with Crippen LogP contribution in [0.2, 0.25) is 0 Å². The van der Waals surface area contributed by atoms with Crippen LogP contribution in [0.15, 0.2) is 43.0 Å². The Labute approximate surface area is 396 Å². The number of para-hydroxylation sites is 1. The summed E-state index contributed by atoms with van der Waals surface area (Å²) in [5.74, 6) is -6.14. The Morgan fingerprint density at radius 3 is 1.99 bits per heavy atom. The molecule has 0 aliphatic carbocycles. The summed E-state index contributed by atoms with van der Waals surface area (Å²) in [4.78, 5) is 127. The Balaban J connectivity index is 1.63. The zero-order valence-electron chi connectivity index (χ0n) is 40.0. The van der Waals surface area contributed by atoms with Crippen LogP contribution in [0.3, 0.4) is 0 Å². The lowest BCUT2D eigenvalue weighted by atomic mass is 9.94. The molecule has 0 fully saturated rings. The van der Waals surface area contributed by atoms with E-state index in [1.54, 1.807) is 20.0 Å². The molecule has 2 aromatic heterocycles. The van der Waals surface area contributed by atoms with Crippen LogP contribution in [0, 0.1) is 17.8 Å². The van der Waals surface area contributed by atoms with Gasteiger partial charge in [0.25, 0.3) is 0 Å². The van der Waals surface area contributed by atoms with Crippen LogP contribution in [-0.2, 0) is 56.0 Å². The van der Waals surface area contributed by atoms with Gasteiger partial charge < -0.3 is 64.4 Å². The third-order valence-corrected chi connectivity index (χ3v) is 11.5. The van der Waals surface area contributed by atoms with Gasteiger partial charge in [-0.1, -0.05) is 66.2 Å². The van der Waals surface area contributed by atoms with Crippen molar-refractivity contribution < 1.29 is 43.2 Å². The number of amides is 9. The fourth-order valence-corrected chi connectivity index (χ4v) is 7.26. The summed E-state index contributed by atoms with van der Waals surface area (Å²) in [5.41, 5.74) is 18.8. The minimum absolute atomic E-state index is 0.0215. The lowest BCUT2D eigenvalue weighted by Crippen LogP contribution is -2.58. The highest BCUT2D eigenvalue weighted by Gasteiger charge is 2.32. The van der Waals surface area contributed by atoms with Crippen LogP contribution in [0.1, 0.15) is 98.2 Å². The number of nitrogens with zero attached hydrogens (tertiary/aromatic N) is 1. The molecular weight excluding hydrogens is 879 g/mol. The van der Waals surface area contributed by atoms with E-state index in [1.165, 1.54) is 19.4 Å². The number of primary amides is 2. The van der Waals surface area contributed by atoms with Crippen molar-refractivity contribution >= 4 is 64.1 Å². The number of carbonyl (C=O) groups excluding carboxylic acids is 9. The molecule has 0 aliphatic heterocycles. The maximum Gasteiger partial charge on any atom is 0.243 e.